The number of fused-ring (bicyclic) bond motifs is 1. The second kappa shape index (κ2) is 6.80. The lowest BCUT2D eigenvalue weighted by Crippen LogP contribution is -2.24. The first-order valence-electron chi connectivity index (χ1n) is 10.1. The van der Waals surface area contributed by atoms with E-state index in [0.29, 0.717) is 42.7 Å². The van der Waals surface area contributed by atoms with Crippen LogP contribution in [0.4, 0.5) is 14.9 Å². The van der Waals surface area contributed by atoms with Gasteiger partial charge in [-0.15, -0.1) is 16.9 Å². The number of halogens is 1. The zero-order valence-electron chi connectivity index (χ0n) is 16.3. The van der Waals surface area contributed by atoms with Crippen LogP contribution in [0.1, 0.15) is 18.2 Å². The van der Waals surface area contributed by atoms with E-state index in [1.54, 1.807) is 30.1 Å². The smallest absolute Gasteiger partial charge is 0.416 e. The molecule has 1 aromatic carbocycles. The third-order valence-corrected chi connectivity index (χ3v) is 8.15. The van der Waals surface area contributed by atoms with Gasteiger partial charge in [0, 0.05) is 28.8 Å². The molecule has 3 aliphatic heterocycles. The molecule has 1 aromatic heterocycles. The van der Waals surface area contributed by atoms with Crippen molar-refractivity contribution in [1.82, 2.24) is 15.0 Å². The van der Waals surface area contributed by atoms with Gasteiger partial charge in [-0.25, -0.2) is 13.9 Å². The highest BCUT2D eigenvalue weighted by molar-refractivity contribution is 8.03. The minimum Gasteiger partial charge on any atom is -0.421 e. The first kappa shape index (κ1) is 18.8. The van der Waals surface area contributed by atoms with E-state index in [4.69, 9.17) is 9.47 Å². The molecule has 158 valence electrons. The highest BCUT2D eigenvalue weighted by atomic mass is 32.2. The second-order valence-electron chi connectivity index (χ2n) is 8.26. The van der Waals surface area contributed by atoms with Gasteiger partial charge in [0.25, 0.3) is 0 Å². The van der Waals surface area contributed by atoms with Crippen LogP contribution in [0.3, 0.4) is 0 Å². The maximum Gasteiger partial charge on any atom is 0.416 e. The molecule has 3 unspecified atom stereocenters. The topological polar surface area (TPSA) is 93.3 Å². The number of carbonyl (C=O) groups is 1. The quantitative estimate of drug-likeness (QED) is 0.722. The molecule has 31 heavy (non-hydrogen) atoms. The summed E-state index contributed by atoms with van der Waals surface area (Å²) in [5.41, 5.74) is 1.48. The Bertz CT molecular complexity index is 1120. The van der Waals surface area contributed by atoms with Crippen LogP contribution in [-0.2, 0) is 9.47 Å². The van der Waals surface area contributed by atoms with Crippen molar-refractivity contribution in [3.8, 4) is 6.07 Å². The highest BCUT2D eigenvalue weighted by Gasteiger charge is 2.71. The number of nitrogens with zero attached hydrogens (tertiary/aromatic N) is 5. The molecule has 1 saturated carbocycles. The predicted octanol–water partition coefficient (Wildman–Crippen LogP) is 3.21. The molecule has 3 fully saturated rings. The largest absolute Gasteiger partial charge is 0.421 e. The summed E-state index contributed by atoms with van der Waals surface area (Å²) in [6, 6.07) is 7.34. The molecule has 1 aliphatic carbocycles. The molecule has 0 N–H and O–H groups in total. The highest BCUT2D eigenvalue weighted by Crippen LogP contribution is 2.68. The zero-order valence-corrected chi connectivity index (χ0v) is 17.2. The fraction of sp³-hybridized carbons (Fsp3) is 0.429. The number of nitriles is 1. The summed E-state index contributed by atoms with van der Waals surface area (Å²) in [7, 11) is 0. The average Bonchev–Trinajstić information content (AvgIpc) is 3.44. The van der Waals surface area contributed by atoms with Gasteiger partial charge in [0.1, 0.15) is 5.82 Å². The number of carbonyl (C=O) groups excluding carboxylic acids is 1. The van der Waals surface area contributed by atoms with Gasteiger partial charge in [-0.2, -0.15) is 5.26 Å². The third-order valence-electron chi connectivity index (χ3n) is 6.85. The van der Waals surface area contributed by atoms with Gasteiger partial charge in [-0.05, 0) is 35.6 Å². The molecule has 10 heteroatoms. The van der Waals surface area contributed by atoms with Crippen LogP contribution in [0.2, 0.25) is 0 Å². The van der Waals surface area contributed by atoms with Crippen molar-refractivity contribution >= 4 is 29.1 Å². The standard InChI is InChI=1S/C21H18FN5O3S/c22-17-6-13(26-7-19(30-20(26)28)27-4-3-24-25-27)1-2-14(17)12-5-18(31-10-12)21(11-23)15-8-29-9-16(15)21/h1-4,6,10,15-16,18-19H,5,7-9H2/t15-,16+,18?,19?,21?. The Labute approximate surface area is 181 Å². The number of aromatic nitrogens is 3. The lowest BCUT2D eigenvalue weighted by molar-refractivity contribution is 0.0922. The van der Waals surface area contributed by atoms with Crippen molar-refractivity contribution in [2.24, 2.45) is 17.3 Å². The molecule has 4 aliphatic rings. The van der Waals surface area contributed by atoms with E-state index in [-0.39, 0.29) is 17.2 Å². The molecule has 1 amide bonds. The van der Waals surface area contributed by atoms with Gasteiger partial charge >= 0.3 is 6.09 Å². The van der Waals surface area contributed by atoms with E-state index in [0.717, 1.165) is 5.57 Å². The molecule has 4 heterocycles. The molecular weight excluding hydrogens is 421 g/mol. The Morgan fingerprint density at radius 3 is 2.87 bits per heavy atom. The molecule has 0 bridgehead atoms. The van der Waals surface area contributed by atoms with Crippen molar-refractivity contribution < 1.29 is 18.7 Å². The lowest BCUT2D eigenvalue weighted by Gasteiger charge is -2.20. The fourth-order valence-electron chi connectivity index (χ4n) is 5.12. The molecule has 5 atom stereocenters. The summed E-state index contributed by atoms with van der Waals surface area (Å²) in [6.07, 6.45) is 2.61. The van der Waals surface area contributed by atoms with Crippen LogP contribution in [0, 0.1) is 34.4 Å². The zero-order chi connectivity index (χ0) is 21.2. The summed E-state index contributed by atoms with van der Waals surface area (Å²) < 4.78 is 27.3. The lowest BCUT2D eigenvalue weighted by atomic mass is 9.91. The Morgan fingerprint density at radius 2 is 2.16 bits per heavy atom. The van der Waals surface area contributed by atoms with Crippen molar-refractivity contribution in [3.05, 3.63) is 47.4 Å². The van der Waals surface area contributed by atoms with Crippen LogP contribution in [0.25, 0.3) is 5.57 Å². The van der Waals surface area contributed by atoms with Crippen molar-refractivity contribution in [2.75, 3.05) is 24.7 Å². The van der Waals surface area contributed by atoms with E-state index < -0.39 is 18.1 Å². The first-order valence-corrected chi connectivity index (χ1v) is 11.0. The number of anilines is 1. The van der Waals surface area contributed by atoms with Crippen molar-refractivity contribution in [3.63, 3.8) is 0 Å². The molecular formula is C21H18FN5O3S. The van der Waals surface area contributed by atoms with Crippen molar-refractivity contribution in [1.29, 1.82) is 5.26 Å². The van der Waals surface area contributed by atoms with Crippen LogP contribution in [0.15, 0.2) is 36.0 Å². The molecule has 0 spiro atoms. The molecule has 2 saturated heterocycles. The normalized spacial score (nSPS) is 33.7. The third kappa shape index (κ3) is 2.73. The van der Waals surface area contributed by atoms with Crippen LogP contribution in [-0.4, -0.2) is 46.1 Å². The van der Waals surface area contributed by atoms with Crippen LogP contribution < -0.4 is 4.90 Å². The Morgan fingerprint density at radius 1 is 1.32 bits per heavy atom. The molecule has 2 aromatic rings. The number of benzene rings is 1. The van der Waals surface area contributed by atoms with E-state index in [9.17, 15) is 10.1 Å². The van der Waals surface area contributed by atoms with Gasteiger partial charge in [0.15, 0.2) is 0 Å². The minimum absolute atomic E-state index is 0.127. The average molecular weight is 439 g/mol. The van der Waals surface area contributed by atoms with Crippen molar-refractivity contribution in [2.45, 2.75) is 17.9 Å². The summed E-state index contributed by atoms with van der Waals surface area (Å²) in [6.45, 7) is 1.52. The van der Waals surface area contributed by atoms with Crippen LogP contribution in [0.5, 0.6) is 0 Å². The number of allylic oxidation sites excluding steroid dienone is 1. The monoisotopic (exact) mass is 439 g/mol. The number of thioether (sulfide) groups is 1. The summed E-state index contributed by atoms with van der Waals surface area (Å²) in [5.74, 6) is 0.204. The summed E-state index contributed by atoms with van der Waals surface area (Å²) in [4.78, 5) is 13.7. The Balaban J connectivity index is 1.19. The molecule has 6 rings (SSSR count). The minimum atomic E-state index is -0.600. The summed E-state index contributed by atoms with van der Waals surface area (Å²) >= 11 is 1.63. The number of ether oxygens (including phenoxy) is 2. The maximum atomic E-state index is 15.1. The first-order chi connectivity index (χ1) is 15.1. The van der Waals surface area contributed by atoms with Crippen LogP contribution >= 0.6 is 11.8 Å². The Kier molecular flexibility index (Phi) is 4.13. The number of rotatable bonds is 4. The molecule has 0 radical (unpaired) electrons. The van der Waals surface area contributed by atoms with Gasteiger partial charge < -0.3 is 9.47 Å². The van der Waals surface area contributed by atoms with E-state index >= 15 is 4.39 Å². The SMILES string of the molecule is N#CC1(C2CC(c3ccc(N4CC(n5ccnn5)OC4=O)cc3F)=CS2)[C@@H]2COC[C@@H]21. The summed E-state index contributed by atoms with van der Waals surface area (Å²) in [5, 5.41) is 19.5. The number of hydrogen-bond donors (Lipinski definition) is 0. The molecule has 8 nitrogen and oxygen atoms in total. The van der Waals surface area contributed by atoms with E-state index in [2.05, 4.69) is 16.4 Å². The van der Waals surface area contributed by atoms with Gasteiger partial charge in [-0.3, -0.25) is 4.90 Å². The van der Waals surface area contributed by atoms with Gasteiger partial charge in [-0.1, -0.05) is 5.21 Å². The Hall–Kier alpha value is -2.90. The number of amides is 1. The van der Waals surface area contributed by atoms with E-state index in [1.807, 2.05) is 5.41 Å². The number of cyclic esters (lactones) is 1. The maximum absolute atomic E-state index is 15.1. The fourth-order valence-corrected chi connectivity index (χ4v) is 6.58. The predicted molar refractivity (Wildman–Crippen MR) is 109 cm³/mol. The van der Waals surface area contributed by atoms with E-state index in [1.165, 1.54) is 21.8 Å². The second-order valence-corrected chi connectivity index (χ2v) is 9.34. The van der Waals surface area contributed by atoms with Gasteiger partial charge in [0.05, 0.1) is 43.1 Å². The number of hydrogen-bond acceptors (Lipinski definition) is 7. The van der Waals surface area contributed by atoms with Gasteiger partial charge in [0.2, 0.25) is 6.23 Å².